The van der Waals surface area contributed by atoms with Crippen LogP contribution < -0.4 is 11.1 Å². The van der Waals surface area contributed by atoms with Crippen LogP contribution in [0.15, 0.2) is 12.4 Å². The van der Waals surface area contributed by atoms with Gasteiger partial charge in [-0.2, -0.15) is 5.10 Å². The average Bonchev–Trinajstić information content (AvgIpc) is 3.04. The second kappa shape index (κ2) is 7.29. The Kier molecular flexibility index (Phi) is 5.38. The van der Waals surface area contributed by atoms with Gasteiger partial charge in [0.25, 0.3) is 0 Å². The lowest BCUT2D eigenvalue weighted by Gasteiger charge is -2.28. The van der Waals surface area contributed by atoms with E-state index in [4.69, 9.17) is 5.73 Å². The smallest absolute Gasteiger partial charge is 0.314 e. The molecule has 4 N–H and O–H groups in total. The van der Waals surface area contributed by atoms with E-state index in [-0.39, 0.29) is 6.04 Å². The summed E-state index contributed by atoms with van der Waals surface area (Å²) >= 11 is 0. The molecule has 0 spiro atoms. The van der Waals surface area contributed by atoms with Gasteiger partial charge in [-0.05, 0) is 19.8 Å². The van der Waals surface area contributed by atoms with E-state index in [1.165, 1.54) is 12.4 Å². The van der Waals surface area contributed by atoms with E-state index in [2.05, 4.69) is 34.3 Å². The molecule has 2 aromatic rings. The monoisotopic (exact) mass is 332 g/mol. The van der Waals surface area contributed by atoms with Crippen LogP contribution in [0.5, 0.6) is 0 Å². The highest BCUT2D eigenvalue weighted by Gasteiger charge is 2.26. The van der Waals surface area contributed by atoms with Crippen molar-refractivity contribution in [2.75, 3.05) is 17.6 Å². The lowest BCUT2D eigenvalue weighted by Crippen LogP contribution is -2.45. The molecule has 24 heavy (non-hydrogen) atoms. The zero-order chi connectivity index (χ0) is 17.9. The van der Waals surface area contributed by atoms with Crippen LogP contribution in [0.3, 0.4) is 0 Å². The van der Waals surface area contributed by atoms with Crippen LogP contribution in [-0.4, -0.2) is 44.5 Å². The van der Waals surface area contributed by atoms with Gasteiger partial charge in [0.2, 0.25) is 0 Å². The molecule has 1 atom stereocenters. The highest BCUT2D eigenvalue weighted by molar-refractivity contribution is 6.40. The van der Waals surface area contributed by atoms with Crippen LogP contribution in [0, 0.1) is 5.92 Å². The summed E-state index contributed by atoms with van der Waals surface area (Å²) in [7, 11) is 0. The first-order chi connectivity index (χ1) is 11.3. The molecular formula is C16H24N6O2. The van der Waals surface area contributed by atoms with Crippen LogP contribution >= 0.6 is 0 Å². The van der Waals surface area contributed by atoms with Gasteiger partial charge in [0.15, 0.2) is 0 Å². The maximum Gasteiger partial charge on any atom is 0.314 e. The molecule has 8 heteroatoms. The molecule has 130 valence electrons. The molecule has 0 radical (unpaired) electrons. The lowest BCUT2D eigenvalue weighted by atomic mass is 10.1. The Labute approximate surface area is 140 Å². The third-order valence-corrected chi connectivity index (χ3v) is 4.05. The molecule has 0 saturated heterocycles. The van der Waals surface area contributed by atoms with Crippen LogP contribution in [0.4, 0.5) is 11.5 Å². The van der Waals surface area contributed by atoms with Crippen molar-refractivity contribution < 1.29 is 9.59 Å². The maximum absolute atomic E-state index is 12.5. The minimum atomic E-state index is -0.700. The van der Waals surface area contributed by atoms with Gasteiger partial charge in [-0.15, -0.1) is 0 Å². The summed E-state index contributed by atoms with van der Waals surface area (Å²) in [6.45, 7) is 8.44. The van der Waals surface area contributed by atoms with Gasteiger partial charge in [-0.25, -0.2) is 4.98 Å². The predicted molar refractivity (Wildman–Crippen MR) is 93.2 cm³/mol. The van der Waals surface area contributed by atoms with Crippen molar-refractivity contribution in [1.29, 1.82) is 0 Å². The minimum absolute atomic E-state index is 0.0611. The Balaban J connectivity index is 2.19. The molecule has 0 aliphatic heterocycles. The molecule has 0 fully saturated rings. The number of carbonyl (C=O) groups excluding carboxylic acids is 2. The summed E-state index contributed by atoms with van der Waals surface area (Å²) < 4.78 is 0. The van der Waals surface area contributed by atoms with E-state index in [1.807, 2.05) is 13.8 Å². The summed E-state index contributed by atoms with van der Waals surface area (Å²) in [6, 6.07) is -0.0611. The van der Waals surface area contributed by atoms with Crippen molar-refractivity contribution in [2.45, 2.75) is 40.2 Å². The fourth-order valence-electron chi connectivity index (χ4n) is 2.35. The summed E-state index contributed by atoms with van der Waals surface area (Å²) in [5, 5.41) is 9.86. The number of anilines is 2. The van der Waals surface area contributed by atoms with Gasteiger partial charge in [-0.1, -0.05) is 20.3 Å². The number of H-pyrrole nitrogens is 1. The normalized spacial score (nSPS) is 12.4. The maximum atomic E-state index is 12.5. The molecule has 0 bridgehead atoms. The number of rotatable bonds is 5. The molecule has 0 aliphatic rings. The van der Waals surface area contributed by atoms with E-state index in [9.17, 15) is 9.59 Å². The molecule has 0 aliphatic carbocycles. The largest absolute Gasteiger partial charge is 0.383 e. The fourth-order valence-corrected chi connectivity index (χ4v) is 2.35. The minimum Gasteiger partial charge on any atom is -0.383 e. The van der Waals surface area contributed by atoms with Crippen LogP contribution in [-0.2, 0) is 9.59 Å². The standard InChI is InChI=1S/C16H24N6O2/c1-5-10(4)8-22(9(2)3)16(24)15(23)20-12-7-18-14(17)11-6-19-21-13(11)12/h6-7,9-10H,5,8H2,1-4H3,(H2,17,18)(H,19,21)(H,20,23)/t10-/m0/s1. The number of hydrogen-bond acceptors (Lipinski definition) is 5. The Morgan fingerprint density at radius 2 is 2.04 bits per heavy atom. The second-order valence-electron chi connectivity index (χ2n) is 6.23. The first kappa shape index (κ1) is 17.7. The number of aromatic nitrogens is 3. The first-order valence-electron chi connectivity index (χ1n) is 8.04. The van der Waals surface area contributed by atoms with Crippen molar-refractivity contribution in [3.8, 4) is 0 Å². The summed E-state index contributed by atoms with van der Waals surface area (Å²) in [4.78, 5) is 30.5. The van der Waals surface area contributed by atoms with Crippen molar-refractivity contribution in [3.63, 3.8) is 0 Å². The molecule has 0 saturated carbocycles. The Morgan fingerprint density at radius 1 is 1.33 bits per heavy atom. The van der Waals surface area contributed by atoms with E-state index >= 15 is 0 Å². The summed E-state index contributed by atoms with van der Waals surface area (Å²) in [5.41, 5.74) is 6.68. The van der Waals surface area contributed by atoms with Crippen molar-refractivity contribution in [1.82, 2.24) is 20.1 Å². The average molecular weight is 332 g/mol. The topological polar surface area (TPSA) is 117 Å². The van der Waals surface area contributed by atoms with E-state index in [0.717, 1.165) is 6.42 Å². The molecule has 0 unspecified atom stereocenters. The Bertz CT molecular complexity index is 739. The van der Waals surface area contributed by atoms with E-state index in [0.29, 0.717) is 34.9 Å². The Morgan fingerprint density at radius 3 is 2.67 bits per heavy atom. The van der Waals surface area contributed by atoms with Crippen molar-refractivity contribution >= 4 is 34.2 Å². The van der Waals surface area contributed by atoms with Crippen molar-refractivity contribution in [2.24, 2.45) is 5.92 Å². The molecular weight excluding hydrogens is 308 g/mol. The number of hydrogen-bond donors (Lipinski definition) is 3. The highest BCUT2D eigenvalue weighted by atomic mass is 16.2. The number of carbonyl (C=O) groups is 2. The summed E-state index contributed by atoms with van der Waals surface area (Å²) in [6.07, 6.45) is 3.88. The molecule has 2 aromatic heterocycles. The van der Waals surface area contributed by atoms with Gasteiger partial charge in [0.05, 0.1) is 29.0 Å². The number of nitrogens with two attached hydrogens (primary N) is 1. The summed E-state index contributed by atoms with van der Waals surface area (Å²) in [5.74, 6) is -0.630. The van der Waals surface area contributed by atoms with Gasteiger partial charge in [0, 0.05) is 12.6 Å². The van der Waals surface area contributed by atoms with E-state index in [1.54, 1.807) is 4.90 Å². The van der Waals surface area contributed by atoms with Gasteiger partial charge in [-0.3, -0.25) is 14.7 Å². The van der Waals surface area contributed by atoms with E-state index < -0.39 is 11.8 Å². The zero-order valence-electron chi connectivity index (χ0n) is 14.5. The zero-order valence-corrected chi connectivity index (χ0v) is 14.5. The number of fused-ring (bicyclic) bond motifs is 1. The van der Waals surface area contributed by atoms with Crippen molar-refractivity contribution in [3.05, 3.63) is 12.4 Å². The number of nitrogen functional groups attached to an aromatic ring is 1. The molecule has 2 amide bonds. The lowest BCUT2D eigenvalue weighted by molar-refractivity contribution is -0.144. The number of aromatic amines is 1. The van der Waals surface area contributed by atoms with Crippen LogP contribution in [0.1, 0.15) is 34.1 Å². The number of nitrogens with zero attached hydrogens (tertiary/aromatic N) is 3. The number of pyridine rings is 1. The third kappa shape index (κ3) is 3.64. The Hall–Kier alpha value is -2.64. The molecule has 8 nitrogen and oxygen atoms in total. The number of amides is 2. The highest BCUT2D eigenvalue weighted by Crippen LogP contribution is 2.23. The predicted octanol–water partition coefficient (Wildman–Crippen LogP) is 1.76. The van der Waals surface area contributed by atoms with Crippen LogP contribution in [0.25, 0.3) is 10.9 Å². The second-order valence-corrected chi connectivity index (χ2v) is 6.23. The molecule has 2 rings (SSSR count). The third-order valence-electron chi connectivity index (χ3n) is 4.05. The molecule has 0 aromatic carbocycles. The fraction of sp³-hybridized carbons (Fsp3) is 0.500. The van der Waals surface area contributed by atoms with Crippen LogP contribution in [0.2, 0.25) is 0 Å². The quantitative estimate of drug-likeness (QED) is 0.721. The number of nitrogens with one attached hydrogen (secondary N) is 2. The van der Waals surface area contributed by atoms with Gasteiger partial charge in [0.1, 0.15) is 5.82 Å². The van der Waals surface area contributed by atoms with Gasteiger partial charge >= 0.3 is 11.8 Å². The molecule has 2 heterocycles. The van der Waals surface area contributed by atoms with Gasteiger partial charge < -0.3 is 16.0 Å². The first-order valence-corrected chi connectivity index (χ1v) is 8.04. The SMILES string of the molecule is CC[C@H](C)CN(C(=O)C(=O)Nc1cnc(N)c2cn[nH]c12)C(C)C.